The van der Waals surface area contributed by atoms with E-state index < -0.39 is 0 Å². The molecule has 0 bridgehead atoms. The summed E-state index contributed by atoms with van der Waals surface area (Å²) < 4.78 is 6.80. The van der Waals surface area contributed by atoms with Gasteiger partial charge in [0.15, 0.2) is 0 Å². The molecule has 342 valence electrons. The summed E-state index contributed by atoms with van der Waals surface area (Å²) in [5, 5.41) is 9.77. The van der Waals surface area contributed by atoms with Crippen LogP contribution in [-0.4, -0.2) is 56.2 Å². The Bertz CT molecular complexity index is 1510. The van der Waals surface area contributed by atoms with Crippen LogP contribution in [0.15, 0.2) is 4.42 Å². The molecule has 0 aromatic carbocycles. The Morgan fingerprint density at radius 2 is 0.672 bits per heavy atom. The zero-order chi connectivity index (χ0) is 41.3. The molecule has 5 heteroatoms. The number of hydrogen-bond donors (Lipinski definition) is 0. The highest BCUT2D eigenvalue weighted by molar-refractivity contribution is 5.11. The fourth-order valence-electron chi connectivity index (χ4n) is 19.7. The zero-order valence-electron chi connectivity index (χ0n) is 40.1. The molecule has 10 fully saturated rings. The second kappa shape index (κ2) is 17.7. The third-order valence-corrected chi connectivity index (χ3v) is 22.5. The SMILES string of the molecule is CC1(C)C2CCCCC2C2CCC(N(C3CCC(c4nnc(C5CCC(N(C6CCCCC6)C6CCCCC6)CC5)o4)CC3)C3CCC4C5CCCCC5C(C)(C)C4C3)CC21. The van der Waals surface area contributed by atoms with Gasteiger partial charge in [0, 0.05) is 48.1 Å². The average Bonchev–Trinajstić information content (AvgIpc) is 3.95. The Labute approximate surface area is 374 Å². The first-order chi connectivity index (χ1) is 29.8. The van der Waals surface area contributed by atoms with E-state index in [9.17, 15) is 0 Å². The topological polar surface area (TPSA) is 45.4 Å². The summed E-state index contributed by atoms with van der Waals surface area (Å²) in [6.07, 6.45) is 45.9. The molecule has 10 atom stereocenters. The van der Waals surface area contributed by atoms with Crippen LogP contribution in [0, 0.1) is 58.2 Å². The quantitative estimate of drug-likeness (QED) is 0.261. The largest absolute Gasteiger partial charge is 0.425 e. The minimum atomic E-state index is 0.462. The van der Waals surface area contributed by atoms with Crippen molar-refractivity contribution in [3.63, 3.8) is 0 Å². The van der Waals surface area contributed by atoms with Gasteiger partial charge in [0.05, 0.1) is 0 Å². The van der Waals surface area contributed by atoms with E-state index in [1.165, 1.54) is 205 Å². The minimum absolute atomic E-state index is 0.462. The standard InChI is InChI=1S/C56H92N4O/c1-55(2)49-21-13-11-19-45(49)47-33-31-43(35-51(47)55)60(44-32-34-48-46-20-12-14-22-50(46)56(3,4)52(48)36-44)42-29-25-38(26-30-42)54-58-57-53(61-54)37-23-27-41(28-24-37)59(39-15-7-5-8-16-39)40-17-9-6-10-18-40/h37-52H,5-36H2,1-4H3. The molecular weight excluding hydrogens is 745 g/mol. The highest BCUT2D eigenvalue weighted by Crippen LogP contribution is 2.66. The van der Waals surface area contributed by atoms with Crippen LogP contribution in [0.25, 0.3) is 0 Å². The molecule has 61 heavy (non-hydrogen) atoms. The molecule has 0 N–H and O–H groups in total. The van der Waals surface area contributed by atoms with E-state index in [1.807, 2.05) is 0 Å². The van der Waals surface area contributed by atoms with Gasteiger partial charge in [0.2, 0.25) is 11.8 Å². The molecule has 0 amide bonds. The van der Waals surface area contributed by atoms with E-state index >= 15 is 0 Å². The van der Waals surface area contributed by atoms with Crippen LogP contribution < -0.4 is 0 Å². The Hall–Kier alpha value is -0.940. The highest BCUT2D eigenvalue weighted by Gasteiger charge is 2.60. The highest BCUT2D eigenvalue weighted by atomic mass is 16.4. The van der Waals surface area contributed by atoms with Crippen molar-refractivity contribution in [3.8, 4) is 0 Å². The average molecular weight is 837 g/mol. The Morgan fingerprint density at radius 1 is 0.344 bits per heavy atom. The number of hydrogen-bond acceptors (Lipinski definition) is 5. The molecule has 1 aromatic heterocycles. The van der Waals surface area contributed by atoms with Crippen molar-refractivity contribution in [1.82, 2.24) is 20.0 Å². The summed E-state index contributed by atoms with van der Waals surface area (Å²) in [7, 11) is 0. The maximum absolute atomic E-state index is 6.80. The third-order valence-electron chi connectivity index (χ3n) is 22.5. The molecule has 1 aromatic rings. The van der Waals surface area contributed by atoms with Crippen molar-refractivity contribution in [2.24, 2.45) is 58.2 Å². The normalized spacial score (nSPS) is 44.4. The van der Waals surface area contributed by atoms with Gasteiger partial charge in [-0.15, -0.1) is 10.2 Å². The first-order valence-corrected chi connectivity index (χ1v) is 28.1. The first-order valence-electron chi connectivity index (χ1n) is 28.1. The minimum Gasteiger partial charge on any atom is -0.425 e. The predicted octanol–water partition coefficient (Wildman–Crippen LogP) is 14.7. The van der Waals surface area contributed by atoms with Gasteiger partial charge in [0.25, 0.3) is 0 Å². The van der Waals surface area contributed by atoms with E-state index in [1.54, 1.807) is 0 Å². The smallest absolute Gasteiger partial charge is 0.219 e. The molecule has 0 spiro atoms. The molecule has 0 radical (unpaired) electrons. The van der Waals surface area contributed by atoms with Gasteiger partial charge in [-0.25, -0.2) is 0 Å². The van der Waals surface area contributed by atoms with Crippen LogP contribution in [0.2, 0.25) is 0 Å². The van der Waals surface area contributed by atoms with E-state index in [4.69, 9.17) is 14.6 Å². The van der Waals surface area contributed by atoms with Gasteiger partial charge >= 0.3 is 0 Å². The van der Waals surface area contributed by atoms with Crippen LogP contribution in [0.3, 0.4) is 0 Å². The summed E-state index contributed by atoms with van der Waals surface area (Å²) in [5.74, 6) is 10.9. The van der Waals surface area contributed by atoms with Crippen molar-refractivity contribution in [3.05, 3.63) is 11.8 Å². The second-order valence-electron chi connectivity index (χ2n) is 25.7. The van der Waals surface area contributed by atoms with Gasteiger partial charge in [-0.05, 0) is 199 Å². The lowest BCUT2D eigenvalue weighted by atomic mass is 9.65. The van der Waals surface area contributed by atoms with Gasteiger partial charge in [-0.2, -0.15) is 0 Å². The molecule has 10 unspecified atom stereocenters. The van der Waals surface area contributed by atoms with Crippen LogP contribution in [0.4, 0.5) is 0 Å². The fourth-order valence-corrected chi connectivity index (χ4v) is 19.7. The third kappa shape index (κ3) is 7.90. The van der Waals surface area contributed by atoms with E-state index in [0.29, 0.717) is 22.7 Å². The lowest BCUT2D eigenvalue weighted by molar-refractivity contribution is -0.0345. The van der Waals surface area contributed by atoms with Gasteiger partial charge in [-0.1, -0.05) is 91.9 Å². The maximum Gasteiger partial charge on any atom is 0.219 e. The van der Waals surface area contributed by atoms with Crippen molar-refractivity contribution in [2.75, 3.05) is 0 Å². The summed E-state index contributed by atoms with van der Waals surface area (Å²) in [5.41, 5.74) is 1.05. The van der Waals surface area contributed by atoms with E-state index in [2.05, 4.69) is 37.5 Å². The molecule has 1 heterocycles. The lowest BCUT2D eigenvalue weighted by Crippen LogP contribution is -2.55. The molecule has 0 saturated heterocycles. The van der Waals surface area contributed by atoms with Crippen molar-refractivity contribution in [1.29, 1.82) is 0 Å². The van der Waals surface area contributed by atoms with Gasteiger partial charge in [-0.3, -0.25) is 9.80 Å². The lowest BCUT2D eigenvalue weighted by Gasteiger charge is -2.53. The Morgan fingerprint density at radius 3 is 1.10 bits per heavy atom. The van der Waals surface area contributed by atoms with Crippen LogP contribution in [0.1, 0.15) is 257 Å². The maximum atomic E-state index is 6.80. The predicted molar refractivity (Wildman–Crippen MR) is 249 cm³/mol. The summed E-state index contributed by atoms with van der Waals surface area (Å²) in [6, 6.07) is 4.82. The van der Waals surface area contributed by atoms with Gasteiger partial charge < -0.3 is 4.42 Å². The van der Waals surface area contributed by atoms with Crippen LogP contribution in [0.5, 0.6) is 0 Å². The number of rotatable bonds is 8. The van der Waals surface area contributed by atoms with Crippen molar-refractivity contribution >= 4 is 0 Å². The molecule has 0 aliphatic heterocycles. The van der Waals surface area contributed by atoms with Crippen LogP contribution >= 0.6 is 0 Å². The van der Waals surface area contributed by atoms with E-state index in [0.717, 1.165) is 95.4 Å². The summed E-state index contributed by atoms with van der Waals surface area (Å²) in [4.78, 5) is 6.45. The molecular formula is C56H92N4O. The second-order valence-corrected chi connectivity index (χ2v) is 25.7. The first kappa shape index (κ1) is 42.7. The monoisotopic (exact) mass is 837 g/mol. The number of nitrogens with zero attached hydrogens (tertiary/aromatic N) is 4. The van der Waals surface area contributed by atoms with Crippen LogP contribution in [-0.2, 0) is 0 Å². The fraction of sp³-hybridized carbons (Fsp3) is 0.964. The Balaban J connectivity index is 0.768. The molecule has 5 nitrogen and oxygen atoms in total. The summed E-state index contributed by atoms with van der Waals surface area (Å²) in [6.45, 7) is 10.9. The Kier molecular flexibility index (Phi) is 12.4. The molecule has 10 aliphatic carbocycles. The van der Waals surface area contributed by atoms with E-state index in [-0.39, 0.29) is 0 Å². The van der Waals surface area contributed by atoms with Crippen molar-refractivity contribution < 1.29 is 4.42 Å². The zero-order valence-corrected chi connectivity index (χ0v) is 40.1. The molecule has 11 rings (SSSR count). The van der Waals surface area contributed by atoms with Crippen molar-refractivity contribution in [2.45, 2.75) is 281 Å². The molecule has 10 aliphatic rings. The number of fused-ring (bicyclic) bond motifs is 6. The van der Waals surface area contributed by atoms with Gasteiger partial charge in [0.1, 0.15) is 0 Å². The number of aromatic nitrogens is 2. The summed E-state index contributed by atoms with van der Waals surface area (Å²) >= 11 is 0. The molecule has 10 saturated carbocycles.